The molecule has 1 aliphatic heterocycles. The van der Waals surface area contributed by atoms with Gasteiger partial charge in [0.25, 0.3) is 5.56 Å². The maximum atomic E-state index is 14.6. The zero-order valence-electron chi connectivity index (χ0n) is 20.3. The number of aromatic amines is 1. The minimum Gasteiger partial charge on any atom is -0.444 e. The Morgan fingerprint density at radius 2 is 1.86 bits per heavy atom. The van der Waals surface area contributed by atoms with Crippen molar-refractivity contribution >= 4 is 22.6 Å². The van der Waals surface area contributed by atoms with Crippen molar-refractivity contribution in [2.24, 2.45) is 0 Å². The highest BCUT2D eigenvalue weighted by Gasteiger charge is 2.28. The molecule has 182 valence electrons. The van der Waals surface area contributed by atoms with E-state index in [4.69, 9.17) is 9.72 Å². The largest absolute Gasteiger partial charge is 0.444 e. The number of rotatable bonds is 2. The van der Waals surface area contributed by atoms with Crippen LogP contribution in [-0.4, -0.2) is 49.0 Å². The summed E-state index contributed by atoms with van der Waals surface area (Å²) in [7, 11) is 0. The molecule has 0 spiro atoms. The number of amides is 1. The average molecular weight is 478 g/mol. The Kier molecular flexibility index (Phi) is 5.57. The molecule has 35 heavy (non-hydrogen) atoms. The number of hydrogen-bond acceptors (Lipinski definition) is 5. The lowest BCUT2D eigenvalue weighted by molar-refractivity contribution is 0.0203. The number of aromatic nitrogens is 4. The average Bonchev–Trinajstić information content (AvgIpc) is 3.18. The van der Waals surface area contributed by atoms with Crippen molar-refractivity contribution < 1.29 is 13.9 Å². The summed E-state index contributed by atoms with van der Waals surface area (Å²) in [5.74, 6) is 0.252. The van der Waals surface area contributed by atoms with E-state index in [2.05, 4.69) is 9.97 Å². The Morgan fingerprint density at radius 1 is 1.11 bits per heavy atom. The standard InChI is InChI=1S/C26H28FN5O3/c1-15-13-32-14-18(12-20(27)23(32)28-15)17-5-6-21-19(11-17)24(33)30-22(29-21)16-7-9-31(10-8-16)25(34)35-26(2,3)4/h5-6,11-14,16H,7-10H2,1-4H3,(H,29,30,33). The second-order valence-electron chi connectivity index (χ2n) is 10.1. The highest BCUT2D eigenvalue weighted by Crippen LogP contribution is 2.28. The highest BCUT2D eigenvalue weighted by atomic mass is 19.1. The molecule has 1 N–H and O–H groups in total. The summed E-state index contributed by atoms with van der Waals surface area (Å²) < 4.78 is 21.7. The van der Waals surface area contributed by atoms with Crippen LogP contribution in [0, 0.1) is 12.7 Å². The van der Waals surface area contributed by atoms with E-state index in [0.717, 1.165) is 11.3 Å². The molecular weight excluding hydrogens is 449 g/mol. The maximum absolute atomic E-state index is 14.6. The highest BCUT2D eigenvalue weighted by molar-refractivity contribution is 5.84. The molecule has 0 saturated carbocycles. The van der Waals surface area contributed by atoms with Crippen LogP contribution in [0.1, 0.15) is 51.0 Å². The number of ether oxygens (including phenoxy) is 1. The topological polar surface area (TPSA) is 92.6 Å². The van der Waals surface area contributed by atoms with Gasteiger partial charge in [0.15, 0.2) is 11.5 Å². The minimum absolute atomic E-state index is 0.0476. The molecule has 1 aromatic carbocycles. The van der Waals surface area contributed by atoms with Gasteiger partial charge < -0.3 is 19.0 Å². The van der Waals surface area contributed by atoms with Gasteiger partial charge in [-0.1, -0.05) is 6.07 Å². The second kappa shape index (κ2) is 8.48. The molecule has 5 rings (SSSR count). The third kappa shape index (κ3) is 4.62. The lowest BCUT2D eigenvalue weighted by Gasteiger charge is -2.33. The molecule has 0 unspecified atom stereocenters. The van der Waals surface area contributed by atoms with Crippen LogP contribution in [0.4, 0.5) is 9.18 Å². The summed E-state index contributed by atoms with van der Waals surface area (Å²) in [5.41, 5.74) is 2.18. The Bertz CT molecular complexity index is 1490. The van der Waals surface area contributed by atoms with Gasteiger partial charge in [-0.05, 0) is 64.3 Å². The van der Waals surface area contributed by atoms with E-state index >= 15 is 0 Å². The van der Waals surface area contributed by atoms with Crippen molar-refractivity contribution in [2.75, 3.05) is 13.1 Å². The summed E-state index contributed by atoms with van der Waals surface area (Å²) in [4.78, 5) is 38.8. The number of aryl methyl sites for hydroxylation is 1. The van der Waals surface area contributed by atoms with E-state index in [0.29, 0.717) is 48.2 Å². The summed E-state index contributed by atoms with van der Waals surface area (Å²) in [6.07, 6.45) is 4.63. The molecule has 1 fully saturated rings. The molecule has 1 amide bonds. The van der Waals surface area contributed by atoms with Crippen molar-refractivity contribution in [1.82, 2.24) is 24.3 Å². The monoisotopic (exact) mass is 477 g/mol. The normalized spacial score (nSPS) is 15.2. The molecule has 0 radical (unpaired) electrons. The first-order chi connectivity index (χ1) is 16.6. The number of pyridine rings is 1. The van der Waals surface area contributed by atoms with Gasteiger partial charge in [-0.2, -0.15) is 0 Å². The van der Waals surface area contributed by atoms with Crippen LogP contribution in [0.3, 0.4) is 0 Å². The Hall–Kier alpha value is -3.75. The number of fused-ring (bicyclic) bond motifs is 2. The number of likely N-dealkylation sites (tertiary alicyclic amines) is 1. The molecule has 3 aromatic heterocycles. The van der Waals surface area contributed by atoms with E-state index < -0.39 is 11.4 Å². The number of nitrogens with zero attached hydrogens (tertiary/aromatic N) is 4. The maximum Gasteiger partial charge on any atom is 0.410 e. The lowest BCUT2D eigenvalue weighted by atomic mass is 9.96. The molecule has 1 aliphatic rings. The van der Waals surface area contributed by atoms with Crippen LogP contribution in [0.2, 0.25) is 0 Å². The van der Waals surface area contributed by atoms with Gasteiger partial charge >= 0.3 is 6.09 Å². The molecule has 0 aliphatic carbocycles. The minimum atomic E-state index is -0.535. The van der Waals surface area contributed by atoms with Crippen molar-refractivity contribution in [3.05, 3.63) is 64.3 Å². The summed E-state index contributed by atoms with van der Waals surface area (Å²) >= 11 is 0. The number of hydrogen-bond donors (Lipinski definition) is 1. The number of imidazole rings is 1. The lowest BCUT2D eigenvalue weighted by Crippen LogP contribution is -2.41. The fourth-order valence-corrected chi connectivity index (χ4v) is 4.53. The van der Waals surface area contributed by atoms with Crippen LogP contribution in [0.5, 0.6) is 0 Å². The van der Waals surface area contributed by atoms with E-state index in [1.54, 1.807) is 33.8 Å². The summed E-state index contributed by atoms with van der Waals surface area (Å²) in [5, 5.41) is 0.444. The Labute approximate surface area is 201 Å². The van der Waals surface area contributed by atoms with Gasteiger partial charge in [0.2, 0.25) is 0 Å². The predicted molar refractivity (Wildman–Crippen MR) is 131 cm³/mol. The number of halogens is 1. The fraction of sp³-hybridized carbons (Fsp3) is 0.385. The summed E-state index contributed by atoms with van der Waals surface area (Å²) in [6, 6.07) is 6.80. The van der Waals surface area contributed by atoms with E-state index in [-0.39, 0.29) is 23.2 Å². The number of carbonyl (C=O) groups excluding carboxylic acids is 1. The van der Waals surface area contributed by atoms with E-state index in [1.165, 1.54) is 6.07 Å². The smallest absolute Gasteiger partial charge is 0.410 e. The van der Waals surface area contributed by atoms with Crippen molar-refractivity contribution in [3.63, 3.8) is 0 Å². The number of H-pyrrole nitrogens is 1. The molecule has 1 saturated heterocycles. The van der Waals surface area contributed by atoms with Gasteiger partial charge in [-0.15, -0.1) is 0 Å². The fourth-order valence-electron chi connectivity index (χ4n) is 4.53. The van der Waals surface area contributed by atoms with Crippen LogP contribution in [0.25, 0.3) is 27.7 Å². The number of carbonyl (C=O) groups is 1. The first-order valence-electron chi connectivity index (χ1n) is 11.7. The number of benzene rings is 1. The van der Waals surface area contributed by atoms with Crippen molar-refractivity contribution in [1.29, 1.82) is 0 Å². The molecule has 8 nitrogen and oxygen atoms in total. The molecule has 0 atom stereocenters. The van der Waals surface area contributed by atoms with Crippen LogP contribution in [-0.2, 0) is 4.74 Å². The summed E-state index contributed by atoms with van der Waals surface area (Å²) in [6.45, 7) is 8.44. The third-order valence-corrected chi connectivity index (χ3v) is 6.22. The zero-order chi connectivity index (χ0) is 24.9. The molecule has 9 heteroatoms. The van der Waals surface area contributed by atoms with Crippen molar-refractivity contribution in [2.45, 2.75) is 52.1 Å². The number of piperidine rings is 1. The van der Waals surface area contributed by atoms with Gasteiger partial charge in [-0.3, -0.25) is 4.79 Å². The molecule has 4 heterocycles. The van der Waals surface area contributed by atoms with Gasteiger partial charge in [-0.25, -0.2) is 19.2 Å². The van der Waals surface area contributed by atoms with Crippen LogP contribution < -0.4 is 5.56 Å². The van der Waals surface area contributed by atoms with Gasteiger partial charge in [0.1, 0.15) is 11.4 Å². The van der Waals surface area contributed by atoms with E-state index in [1.807, 2.05) is 33.8 Å². The molecular formula is C26H28FN5O3. The van der Waals surface area contributed by atoms with Crippen molar-refractivity contribution in [3.8, 4) is 11.1 Å². The third-order valence-electron chi connectivity index (χ3n) is 6.22. The first kappa shape index (κ1) is 23.0. The Balaban J connectivity index is 1.38. The SMILES string of the molecule is Cc1cn2cc(-c3ccc4nc(C5CCN(C(=O)OC(C)(C)C)CC5)[nH]c(=O)c4c3)cc(F)c2n1. The van der Waals surface area contributed by atoms with Gasteiger partial charge in [0, 0.05) is 37.0 Å². The zero-order valence-corrected chi connectivity index (χ0v) is 20.3. The molecule has 0 bridgehead atoms. The van der Waals surface area contributed by atoms with Crippen LogP contribution in [0.15, 0.2) is 41.5 Å². The molecule has 4 aromatic rings. The second-order valence-corrected chi connectivity index (χ2v) is 10.1. The van der Waals surface area contributed by atoms with Crippen LogP contribution >= 0.6 is 0 Å². The van der Waals surface area contributed by atoms with Gasteiger partial charge in [0.05, 0.1) is 16.6 Å². The predicted octanol–water partition coefficient (Wildman–Crippen LogP) is 4.80. The van der Waals surface area contributed by atoms with E-state index in [9.17, 15) is 14.0 Å². The quantitative estimate of drug-likeness (QED) is 0.448. The number of nitrogens with one attached hydrogen (secondary N) is 1. The Morgan fingerprint density at radius 3 is 2.57 bits per heavy atom. The first-order valence-corrected chi connectivity index (χ1v) is 11.7.